The van der Waals surface area contributed by atoms with Crippen LogP contribution in [0.2, 0.25) is 0 Å². The van der Waals surface area contributed by atoms with Crippen LogP contribution in [0.15, 0.2) is 66.7 Å². The van der Waals surface area contributed by atoms with Crippen molar-refractivity contribution < 1.29 is 14.4 Å². The highest BCUT2D eigenvalue weighted by Crippen LogP contribution is 2.37. The normalized spacial score (nSPS) is 15.8. The van der Waals surface area contributed by atoms with Crippen LogP contribution < -0.4 is 21.3 Å². The molecule has 39 heavy (non-hydrogen) atoms. The van der Waals surface area contributed by atoms with Crippen molar-refractivity contribution in [2.24, 2.45) is 11.7 Å². The minimum Gasteiger partial charge on any atom is -0.348 e. The molecule has 0 radical (unpaired) electrons. The van der Waals surface area contributed by atoms with Gasteiger partial charge >= 0.3 is 0 Å². The molecule has 0 aromatic heterocycles. The van der Waals surface area contributed by atoms with Gasteiger partial charge in [-0.15, -0.1) is 0 Å². The number of fused-ring (bicyclic) bond motifs is 1. The van der Waals surface area contributed by atoms with Gasteiger partial charge in [-0.1, -0.05) is 77.4 Å². The van der Waals surface area contributed by atoms with E-state index in [-0.39, 0.29) is 29.1 Å². The van der Waals surface area contributed by atoms with E-state index in [0.717, 1.165) is 23.1 Å². The zero-order chi connectivity index (χ0) is 28.3. The van der Waals surface area contributed by atoms with E-state index in [4.69, 9.17) is 5.73 Å². The third-order valence-corrected chi connectivity index (χ3v) is 7.40. The number of nitrogens with zero attached hydrogens (tertiary/aromatic N) is 1. The van der Waals surface area contributed by atoms with E-state index in [1.54, 1.807) is 23.1 Å². The summed E-state index contributed by atoms with van der Waals surface area (Å²) in [5.74, 6) is -0.838. The molecule has 0 fully saturated rings. The van der Waals surface area contributed by atoms with Gasteiger partial charge in [0.05, 0.1) is 11.4 Å². The predicted octanol–water partition coefficient (Wildman–Crippen LogP) is 5.39. The van der Waals surface area contributed by atoms with Gasteiger partial charge in [0, 0.05) is 24.2 Å². The first-order valence-corrected chi connectivity index (χ1v) is 13.5. The second-order valence-corrected chi connectivity index (χ2v) is 11.3. The Morgan fingerprint density at radius 2 is 1.67 bits per heavy atom. The Hall–Kier alpha value is -3.97. The van der Waals surface area contributed by atoms with E-state index >= 15 is 0 Å². The lowest BCUT2D eigenvalue weighted by Crippen LogP contribution is -2.54. The van der Waals surface area contributed by atoms with E-state index < -0.39 is 6.04 Å². The summed E-state index contributed by atoms with van der Waals surface area (Å²) in [4.78, 5) is 41.8. The van der Waals surface area contributed by atoms with Crippen LogP contribution in [0.1, 0.15) is 78.4 Å². The van der Waals surface area contributed by atoms with Crippen molar-refractivity contribution in [1.29, 1.82) is 0 Å². The number of benzene rings is 3. The summed E-state index contributed by atoms with van der Waals surface area (Å²) < 4.78 is 0. The average Bonchev–Trinajstić information content (AvgIpc) is 2.93. The van der Waals surface area contributed by atoms with E-state index in [1.807, 2.05) is 62.4 Å². The van der Waals surface area contributed by atoms with Crippen molar-refractivity contribution in [1.82, 2.24) is 5.32 Å². The molecule has 0 bridgehead atoms. The van der Waals surface area contributed by atoms with Crippen molar-refractivity contribution >= 4 is 29.1 Å². The maximum atomic E-state index is 13.9. The molecule has 204 valence electrons. The molecular formula is C32H38N4O3. The molecule has 1 aliphatic rings. The number of nitrogens with one attached hydrogen (secondary N) is 2. The second kappa shape index (κ2) is 11.4. The lowest BCUT2D eigenvalue weighted by Gasteiger charge is -2.39. The second-order valence-electron chi connectivity index (χ2n) is 11.3. The van der Waals surface area contributed by atoms with Crippen molar-refractivity contribution in [3.05, 3.63) is 94.5 Å². The summed E-state index contributed by atoms with van der Waals surface area (Å²) in [5, 5.41) is 5.87. The van der Waals surface area contributed by atoms with Gasteiger partial charge in [-0.3, -0.25) is 19.3 Å². The van der Waals surface area contributed by atoms with Crippen molar-refractivity contribution in [2.75, 3.05) is 10.2 Å². The molecule has 4 N–H and O–H groups in total. The van der Waals surface area contributed by atoms with Crippen LogP contribution in [-0.2, 0) is 23.3 Å². The molecule has 3 amide bonds. The third-order valence-electron chi connectivity index (χ3n) is 7.40. The summed E-state index contributed by atoms with van der Waals surface area (Å²) >= 11 is 0. The molecule has 0 spiro atoms. The van der Waals surface area contributed by atoms with E-state index in [1.165, 1.54) is 0 Å². The summed E-state index contributed by atoms with van der Waals surface area (Å²) in [6.45, 7) is 11.1. The fraction of sp³-hybridized carbons (Fsp3) is 0.344. The molecule has 4 rings (SSSR count). The fourth-order valence-corrected chi connectivity index (χ4v) is 4.84. The lowest BCUT2D eigenvalue weighted by molar-refractivity contribution is -0.118. The van der Waals surface area contributed by atoms with Crippen molar-refractivity contribution in [3.8, 4) is 0 Å². The summed E-state index contributed by atoms with van der Waals surface area (Å²) in [6.07, 6.45) is 0.728. The smallest absolute Gasteiger partial charge is 0.259 e. The highest BCUT2D eigenvalue weighted by atomic mass is 16.2. The molecule has 3 aromatic rings. The molecule has 0 saturated carbocycles. The van der Waals surface area contributed by atoms with Gasteiger partial charge in [0.25, 0.3) is 11.8 Å². The number of amides is 3. The van der Waals surface area contributed by atoms with Crippen LogP contribution in [-0.4, -0.2) is 23.8 Å². The summed E-state index contributed by atoms with van der Waals surface area (Å²) in [5.41, 5.74) is 10.7. The Bertz CT molecular complexity index is 1370. The number of anilines is 2. The number of carbonyl (C=O) groups is 3. The molecule has 0 aliphatic carbocycles. The van der Waals surface area contributed by atoms with E-state index in [0.29, 0.717) is 35.6 Å². The Morgan fingerprint density at radius 1 is 1.00 bits per heavy atom. The highest BCUT2D eigenvalue weighted by molar-refractivity contribution is 6.17. The monoisotopic (exact) mass is 526 g/mol. The predicted molar refractivity (Wildman–Crippen MR) is 156 cm³/mol. The molecule has 7 nitrogen and oxygen atoms in total. The molecular weight excluding hydrogens is 488 g/mol. The first-order chi connectivity index (χ1) is 18.5. The molecule has 1 heterocycles. The quantitative estimate of drug-likeness (QED) is 0.384. The number of carbonyl (C=O) groups excluding carboxylic acids is 3. The van der Waals surface area contributed by atoms with Crippen molar-refractivity contribution in [2.45, 2.75) is 65.6 Å². The number of hydrogen-bond donors (Lipinski definition) is 3. The largest absolute Gasteiger partial charge is 0.348 e. The van der Waals surface area contributed by atoms with Crippen LogP contribution in [0.25, 0.3) is 0 Å². The van der Waals surface area contributed by atoms with Gasteiger partial charge < -0.3 is 16.4 Å². The van der Waals surface area contributed by atoms with Crippen LogP contribution in [0, 0.1) is 5.92 Å². The molecule has 3 aromatic carbocycles. The molecule has 7 heteroatoms. The van der Waals surface area contributed by atoms with Crippen LogP contribution in [0.4, 0.5) is 11.4 Å². The van der Waals surface area contributed by atoms with Crippen LogP contribution >= 0.6 is 0 Å². The van der Waals surface area contributed by atoms with Gasteiger partial charge in [0.15, 0.2) is 0 Å². The first-order valence-electron chi connectivity index (χ1n) is 13.5. The summed E-state index contributed by atoms with van der Waals surface area (Å²) in [6, 6.07) is 19.7. The topological polar surface area (TPSA) is 105 Å². The minimum absolute atomic E-state index is 0.0390. The van der Waals surface area contributed by atoms with E-state index in [2.05, 4.69) is 31.4 Å². The first kappa shape index (κ1) is 28.0. The maximum Gasteiger partial charge on any atom is 0.259 e. The third kappa shape index (κ3) is 6.04. The van der Waals surface area contributed by atoms with Gasteiger partial charge in [-0.05, 0) is 58.4 Å². The number of nitrogens with two attached hydrogens (primary N) is 1. The summed E-state index contributed by atoms with van der Waals surface area (Å²) in [7, 11) is 0. The standard InChI is InChI=1S/C32H38N4O3/c1-6-20(2)28-30(38)35-26-17-24(29(37)34-19-22-9-7-8-21(16-22)18-33)12-15-27(26)36(28)31(39)23-10-13-25(14-11-23)32(3,4)5/h7-17,20,28H,6,18-19,33H2,1-5H3,(H,34,37)(H,35,38). The van der Waals surface area contributed by atoms with Crippen LogP contribution in [0.5, 0.6) is 0 Å². The molecule has 2 atom stereocenters. The zero-order valence-electron chi connectivity index (χ0n) is 23.4. The minimum atomic E-state index is -0.660. The Morgan fingerprint density at radius 3 is 2.31 bits per heavy atom. The molecule has 0 saturated heterocycles. The Labute approximate surface area is 230 Å². The molecule has 2 unspecified atom stereocenters. The zero-order valence-corrected chi connectivity index (χ0v) is 23.4. The highest BCUT2D eigenvalue weighted by Gasteiger charge is 2.40. The number of rotatable bonds is 7. The number of hydrogen-bond acceptors (Lipinski definition) is 4. The van der Waals surface area contributed by atoms with E-state index in [9.17, 15) is 14.4 Å². The fourth-order valence-electron chi connectivity index (χ4n) is 4.84. The Kier molecular flexibility index (Phi) is 8.21. The molecule has 1 aliphatic heterocycles. The van der Waals surface area contributed by atoms with Crippen molar-refractivity contribution in [3.63, 3.8) is 0 Å². The van der Waals surface area contributed by atoms with Crippen LogP contribution in [0.3, 0.4) is 0 Å². The van der Waals surface area contributed by atoms with Gasteiger partial charge in [0.2, 0.25) is 5.91 Å². The SMILES string of the molecule is CCC(C)C1C(=O)Nc2cc(C(=O)NCc3cccc(CN)c3)ccc2N1C(=O)c1ccc(C(C)(C)C)cc1. The van der Waals surface area contributed by atoms with Gasteiger partial charge in [-0.2, -0.15) is 0 Å². The van der Waals surface area contributed by atoms with Gasteiger partial charge in [-0.25, -0.2) is 0 Å². The maximum absolute atomic E-state index is 13.9. The lowest BCUT2D eigenvalue weighted by atomic mass is 9.86. The van der Waals surface area contributed by atoms with Gasteiger partial charge in [0.1, 0.15) is 6.04 Å². The Balaban J connectivity index is 1.63. The average molecular weight is 527 g/mol.